The van der Waals surface area contributed by atoms with Crippen molar-refractivity contribution in [3.8, 4) is 0 Å². The maximum atomic E-state index is 12.5. The number of aliphatic hydroxyl groups is 1. The van der Waals surface area contributed by atoms with Gasteiger partial charge in [-0.2, -0.15) is 0 Å². The van der Waals surface area contributed by atoms with Crippen LogP contribution in [0.1, 0.15) is 37.5 Å². The zero-order valence-electron chi connectivity index (χ0n) is 18.0. The number of carbonyl (C=O) groups is 1. The molecule has 2 aromatic rings. The summed E-state index contributed by atoms with van der Waals surface area (Å²) >= 11 is 0. The molecule has 160 valence electrons. The summed E-state index contributed by atoms with van der Waals surface area (Å²) in [5.74, 6) is 1.19. The Hall–Kier alpha value is -2.44. The van der Waals surface area contributed by atoms with Gasteiger partial charge in [0.05, 0.1) is 6.10 Å². The normalized spacial score (nSPS) is 18.4. The number of benzene rings is 1. The number of β-amino-alcohol motifs (C(OH)–C–C–N with tert-alkyl or cyclic N) is 1. The molecule has 1 unspecified atom stereocenters. The first-order valence-corrected chi connectivity index (χ1v) is 11.0. The Labute approximate surface area is 179 Å². The number of fused-ring (bicyclic) bond motifs is 1. The molecular formula is C24H32N4O2. The lowest BCUT2D eigenvalue weighted by Gasteiger charge is -2.36. The molecule has 1 N–H and O–H groups in total. The van der Waals surface area contributed by atoms with Crippen LogP contribution in [0.3, 0.4) is 0 Å². The first-order chi connectivity index (χ1) is 14.5. The topological polar surface area (TPSA) is 59.9 Å². The number of aromatic nitrogens is 1. The lowest BCUT2D eigenvalue weighted by atomic mass is 9.96. The molecule has 3 heterocycles. The molecule has 1 amide bonds. The molecule has 1 aromatic carbocycles. The molecule has 1 atom stereocenters. The maximum absolute atomic E-state index is 12.5. The fraction of sp³-hybridized carbons (Fsp3) is 0.500. The lowest BCUT2D eigenvalue weighted by molar-refractivity contribution is -0.121. The molecule has 1 aromatic heterocycles. The summed E-state index contributed by atoms with van der Waals surface area (Å²) in [6, 6.07) is 12.1. The van der Waals surface area contributed by atoms with Crippen molar-refractivity contribution < 1.29 is 9.90 Å². The van der Waals surface area contributed by atoms with E-state index in [1.807, 2.05) is 55.3 Å². The van der Waals surface area contributed by atoms with Crippen molar-refractivity contribution in [3.05, 3.63) is 53.7 Å². The van der Waals surface area contributed by atoms with Gasteiger partial charge < -0.3 is 14.9 Å². The third kappa shape index (κ3) is 4.50. The Bertz CT molecular complexity index is 863. The summed E-state index contributed by atoms with van der Waals surface area (Å²) < 4.78 is 0. The highest BCUT2D eigenvalue weighted by molar-refractivity contribution is 5.95. The SMILES string of the molecule is CC(C)C(=O)N1CCCc2cc(C(O)CN3CCN(c4ccccn4)CC3)ccc21. The minimum Gasteiger partial charge on any atom is -0.387 e. The molecule has 0 bridgehead atoms. The summed E-state index contributed by atoms with van der Waals surface area (Å²) in [4.78, 5) is 23.5. The number of nitrogens with zero attached hydrogens (tertiary/aromatic N) is 4. The third-order valence-electron chi connectivity index (χ3n) is 6.14. The zero-order chi connectivity index (χ0) is 21.1. The van der Waals surface area contributed by atoms with E-state index in [1.165, 1.54) is 5.56 Å². The van der Waals surface area contributed by atoms with Crippen molar-refractivity contribution in [2.24, 2.45) is 5.92 Å². The molecule has 30 heavy (non-hydrogen) atoms. The molecule has 1 fully saturated rings. The van der Waals surface area contributed by atoms with E-state index in [0.717, 1.165) is 62.6 Å². The van der Waals surface area contributed by atoms with Crippen LogP contribution >= 0.6 is 0 Å². The second-order valence-electron chi connectivity index (χ2n) is 8.63. The maximum Gasteiger partial charge on any atom is 0.229 e. The van der Waals surface area contributed by atoms with E-state index >= 15 is 0 Å². The number of rotatable bonds is 5. The van der Waals surface area contributed by atoms with Gasteiger partial charge in [0.15, 0.2) is 0 Å². The number of pyridine rings is 1. The van der Waals surface area contributed by atoms with E-state index in [-0.39, 0.29) is 11.8 Å². The predicted molar refractivity (Wildman–Crippen MR) is 120 cm³/mol. The third-order valence-corrected chi connectivity index (χ3v) is 6.14. The highest BCUT2D eigenvalue weighted by Gasteiger charge is 2.26. The molecule has 4 rings (SSSR count). The summed E-state index contributed by atoms with van der Waals surface area (Å²) in [7, 11) is 0. The number of anilines is 2. The Balaban J connectivity index is 1.38. The van der Waals surface area contributed by atoms with Crippen LogP contribution in [0.2, 0.25) is 0 Å². The van der Waals surface area contributed by atoms with E-state index in [2.05, 4.69) is 20.9 Å². The van der Waals surface area contributed by atoms with E-state index in [9.17, 15) is 9.90 Å². The fourth-order valence-corrected chi connectivity index (χ4v) is 4.42. The number of hydrogen-bond acceptors (Lipinski definition) is 5. The predicted octanol–water partition coefficient (Wildman–Crippen LogP) is 2.87. The van der Waals surface area contributed by atoms with Gasteiger partial charge in [0, 0.05) is 57.1 Å². The standard InChI is InChI=1S/C24H32N4O2/c1-18(2)24(30)28-11-5-6-19-16-20(8-9-21(19)28)22(29)17-26-12-14-27(15-13-26)23-7-3-4-10-25-23/h3-4,7-10,16,18,22,29H,5-6,11-15,17H2,1-2H3. The number of carbonyl (C=O) groups excluding carboxylic acids is 1. The lowest BCUT2D eigenvalue weighted by Crippen LogP contribution is -2.47. The number of hydrogen-bond donors (Lipinski definition) is 1. The first-order valence-electron chi connectivity index (χ1n) is 11.0. The molecule has 0 saturated carbocycles. The van der Waals surface area contributed by atoms with Gasteiger partial charge in [-0.25, -0.2) is 4.98 Å². The summed E-state index contributed by atoms with van der Waals surface area (Å²) in [5.41, 5.74) is 3.13. The average molecular weight is 409 g/mol. The van der Waals surface area contributed by atoms with Crippen LogP contribution in [0.25, 0.3) is 0 Å². The Morgan fingerprint density at radius 2 is 1.90 bits per heavy atom. The zero-order valence-corrected chi connectivity index (χ0v) is 18.0. The number of aryl methyl sites for hydroxylation is 1. The first kappa shape index (κ1) is 20.8. The van der Waals surface area contributed by atoms with Gasteiger partial charge in [-0.1, -0.05) is 32.0 Å². The van der Waals surface area contributed by atoms with Crippen molar-refractivity contribution in [3.63, 3.8) is 0 Å². The van der Waals surface area contributed by atoms with Crippen molar-refractivity contribution in [2.75, 3.05) is 49.1 Å². The minimum absolute atomic E-state index is 0.00836. The van der Waals surface area contributed by atoms with Gasteiger partial charge in [-0.05, 0) is 42.2 Å². The second-order valence-corrected chi connectivity index (χ2v) is 8.63. The van der Waals surface area contributed by atoms with E-state index in [0.29, 0.717) is 6.54 Å². The van der Waals surface area contributed by atoms with E-state index in [4.69, 9.17) is 0 Å². The van der Waals surface area contributed by atoms with E-state index in [1.54, 1.807) is 0 Å². The number of amides is 1. The van der Waals surface area contributed by atoms with Crippen LogP contribution in [0.4, 0.5) is 11.5 Å². The quantitative estimate of drug-likeness (QED) is 0.824. The summed E-state index contributed by atoms with van der Waals surface area (Å²) in [6.45, 7) is 8.96. The average Bonchev–Trinajstić information content (AvgIpc) is 2.78. The molecule has 0 aliphatic carbocycles. The number of aliphatic hydroxyl groups excluding tert-OH is 1. The van der Waals surface area contributed by atoms with Crippen LogP contribution in [-0.2, 0) is 11.2 Å². The van der Waals surface area contributed by atoms with Crippen LogP contribution in [-0.4, -0.2) is 60.2 Å². The van der Waals surface area contributed by atoms with Crippen LogP contribution < -0.4 is 9.80 Å². The highest BCUT2D eigenvalue weighted by Crippen LogP contribution is 2.31. The van der Waals surface area contributed by atoms with Gasteiger partial charge in [0.25, 0.3) is 0 Å². The van der Waals surface area contributed by atoms with Gasteiger partial charge >= 0.3 is 0 Å². The highest BCUT2D eigenvalue weighted by atomic mass is 16.3. The molecule has 0 radical (unpaired) electrons. The minimum atomic E-state index is -0.520. The van der Waals surface area contributed by atoms with Crippen molar-refractivity contribution >= 4 is 17.4 Å². The molecule has 2 aliphatic rings. The fourth-order valence-electron chi connectivity index (χ4n) is 4.42. The van der Waals surface area contributed by atoms with Crippen molar-refractivity contribution in [2.45, 2.75) is 32.8 Å². The molecule has 0 spiro atoms. The van der Waals surface area contributed by atoms with Crippen LogP contribution in [0.5, 0.6) is 0 Å². The monoisotopic (exact) mass is 408 g/mol. The van der Waals surface area contributed by atoms with E-state index < -0.39 is 6.10 Å². The van der Waals surface area contributed by atoms with Gasteiger partial charge in [0.1, 0.15) is 5.82 Å². The second kappa shape index (κ2) is 9.14. The van der Waals surface area contributed by atoms with Crippen molar-refractivity contribution in [1.29, 1.82) is 0 Å². The molecule has 2 aliphatic heterocycles. The summed E-state index contributed by atoms with van der Waals surface area (Å²) in [5, 5.41) is 10.9. The Morgan fingerprint density at radius 3 is 2.60 bits per heavy atom. The molecule has 1 saturated heterocycles. The number of piperazine rings is 1. The molecular weight excluding hydrogens is 376 g/mol. The molecule has 6 heteroatoms. The largest absolute Gasteiger partial charge is 0.387 e. The smallest absolute Gasteiger partial charge is 0.229 e. The van der Waals surface area contributed by atoms with Gasteiger partial charge in [-0.15, -0.1) is 0 Å². The Morgan fingerprint density at radius 1 is 1.10 bits per heavy atom. The van der Waals surface area contributed by atoms with Crippen LogP contribution in [0.15, 0.2) is 42.6 Å². The molecule has 6 nitrogen and oxygen atoms in total. The van der Waals surface area contributed by atoms with Crippen molar-refractivity contribution in [1.82, 2.24) is 9.88 Å². The Kier molecular flexibility index (Phi) is 6.35. The van der Waals surface area contributed by atoms with Gasteiger partial charge in [-0.3, -0.25) is 9.69 Å². The summed E-state index contributed by atoms with van der Waals surface area (Å²) in [6.07, 6.45) is 3.24. The van der Waals surface area contributed by atoms with Gasteiger partial charge in [0.2, 0.25) is 5.91 Å². The van der Waals surface area contributed by atoms with Crippen LogP contribution in [0, 0.1) is 5.92 Å².